The lowest BCUT2D eigenvalue weighted by atomic mass is 9.92. The molecule has 1 aliphatic carbocycles. The molecule has 1 heteroatoms. The van der Waals surface area contributed by atoms with Crippen LogP contribution in [0, 0.1) is 0 Å². The average Bonchev–Trinajstić information content (AvgIpc) is 3.11. The Bertz CT molecular complexity index is 1600. The molecule has 5 aromatic carbocycles. The summed E-state index contributed by atoms with van der Waals surface area (Å²) in [5, 5.41) is 10.6. The summed E-state index contributed by atoms with van der Waals surface area (Å²) in [5.41, 5.74) is 5.17. The minimum absolute atomic E-state index is 1.18. The normalized spacial score (nSPS) is 12.3. The molecule has 0 radical (unpaired) electrons. The second-order valence-corrected chi connectivity index (χ2v) is 7.62. The van der Waals surface area contributed by atoms with Gasteiger partial charge in [-0.25, -0.2) is 0 Å². The second kappa shape index (κ2) is 4.96. The van der Waals surface area contributed by atoms with Gasteiger partial charge >= 0.3 is 0 Å². The maximum atomic E-state index is 4.53. The van der Waals surface area contributed by atoms with Crippen molar-refractivity contribution in [2.24, 2.45) is 0 Å². The van der Waals surface area contributed by atoms with Crippen LogP contribution in [0.1, 0.15) is 0 Å². The van der Waals surface area contributed by atoms with Gasteiger partial charge < -0.3 is 0 Å². The number of benzene rings is 5. The highest BCUT2D eigenvalue weighted by Gasteiger charge is 2.22. The minimum atomic E-state index is 1.18. The summed E-state index contributed by atoms with van der Waals surface area (Å²) in [6.45, 7) is 0. The molecule has 1 nitrogen and oxygen atoms in total. The monoisotopic (exact) mass is 353 g/mol. The predicted octanol–water partition coefficient (Wildman–Crippen LogP) is 7.34. The van der Waals surface area contributed by atoms with Gasteiger partial charge in [-0.05, 0) is 54.4 Å². The van der Waals surface area contributed by atoms with Crippen molar-refractivity contribution in [3.8, 4) is 22.3 Å². The largest absolute Gasteiger partial charge is 0.263 e. The average molecular weight is 353 g/mol. The summed E-state index contributed by atoms with van der Waals surface area (Å²) in [6.07, 6.45) is 3.95. The lowest BCUT2D eigenvalue weighted by Gasteiger charge is -2.12. The second-order valence-electron chi connectivity index (χ2n) is 7.62. The predicted molar refractivity (Wildman–Crippen MR) is 119 cm³/mol. The van der Waals surface area contributed by atoms with Gasteiger partial charge in [0, 0.05) is 23.3 Å². The number of pyridine rings is 1. The summed E-state index contributed by atoms with van der Waals surface area (Å²) in [7, 11) is 0. The van der Waals surface area contributed by atoms with Crippen LogP contribution < -0.4 is 0 Å². The Morgan fingerprint density at radius 2 is 1.14 bits per heavy atom. The maximum Gasteiger partial charge on any atom is 0.0353 e. The van der Waals surface area contributed by atoms with E-state index in [9.17, 15) is 0 Å². The van der Waals surface area contributed by atoms with E-state index in [1.165, 1.54) is 65.3 Å². The smallest absolute Gasteiger partial charge is 0.0353 e. The summed E-state index contributed by atoms with van der Waals surface area (Å²) >= 11 is 0. The first kappa shape index (κ1) is 14.4. The molecule has 1 heterocycles. The first-order valence-electron chi connectivity index (χ1n) is 9.65. The van der Waals surface area contributed by atoms with E-state index in [1.54, 1.807) is 0 Å². The Morgan fingerprint density at radius 1 is 0.393 bits per heavy atom. The van der Waals surface area contributed by atoms with Crippen molar-refractivity contribution in [2.45, 2.75) is 0 Å². The van der Waals surface area contributed by atoms with Gasteiger partial charge in [-0.15, -0.1) is 0 Å². The van der Waals surface area contributed by atoms with E-state index in [-0.39, 0.29) is 0 Å². The Morgan fingerprint density at radius 3 is 2.11 bits per heavy atom. The Labute approximate surface area is 161 Å². The van der Waals surface area contributed by atoms with Gasteiger partial charge in [0.25, 0.3) is 0 Å². The Kier molecular flexibility index (Phi) is 2.54. The van der Waals surface area contributed by atoms with E-state index in [1.807, 2.05) is 12.4 Å². The molecule has 1 aromatic heterocycles. The molecule has 28 heavy (non-hydrogen) atoms. The number of rotatable bonds is 1. The number of aromatic nitrogens is 1. The first-order chi connectivity index (χ1) is 13.9. The Hall–Kier alpha value is -3.71. The van der Waals surface area contributed by atoms with Gasteiger partial charge in [-0.2, -0.15) is 0 Å². The van der Waals surface area contributed by atoms with Crippen LogP contribution in [0.2, 0.25) is 0 Å². The highest BCUT2D eigenvalue weighted by molar-refractivity contribution is 6.34. The number of nitrogens with zero attached hydrogens (tertiary/aromatic N) is 1. The summed E-state index contributed by atoms with van der Waals surface area (Å²) in [4.78, 5) is 4.53. The highest BCUT2D eigenvalue weighted by Crippen LogP contribution is 2.49. The van der Waals surface area contributed by atoms with E-state index in [0.717, 1.165) is 0 Å². The number of fused-ring (bicyclic) bond motifs is 2. The molecule has 0 bridgehead atoms. The van der Waals surface area contributed by atoms with Crippen molar-refractivity contribution in [2.75, 3.05) is 0 Å². The standard InChI is InChI=1S/C27H15N/c1-2-6-19-18(4-1)14-28-15-24(19)20-12-13-23-21-7-3-5-16-8-9-17-10-11-22(20)27(23)26(17)25(16)21/h1-15H. The zero-order valence-corrected chi connectivity index (χ0v) is 15.1. The van der Waals surface area contributed by atoms with E-state index in [4.69, 9.17) is 0 Å². The van der Waals surface area contributed by atoms with Crippen molar-refractivity contribution in [1.29, 1.82) is 0 Å². The van der Waals surface area contributed by atoms with Crippen molar-refractivity contribution in [3.63, 3.8) is 0 Å². The lowest BCUT2D eigenvalue weighted by molar-refractivity contribution is 1.36. The zero-order chi connectivity index (χ0) is 18.2. The molecule has 0 N–H and O–H groups in total. The third-order valence-electron chi connectivity index (χ3n) is 6.25. The van der Waals surface area contributed by atoms with Gasteiger partial charge in [0.1, 0.15) is 0 Å². The Balaban J connectivity index is 1.70. The lowest BCUT2D eigenvalue weighted by Crippen LogP contribution is -1.87. The van der Waals surface area contributed by atoms with Crippen LogP contribution in [0.25, 0.3) is 65.3 Å². The van der Waals surface area contributed by atoms with Gasteiger partial charge in [-0.3, -0.25) is 4.98 Å². The molecule has 0 spiro atoms. The van der Waals surface area contributed by atoms with Crippen LogP contribution in [0.4, 0.5) is 0 Å². The molecule has 6 aromatic rings. The number of hydrogen-bond acceptors (Lipinski definition) is 1. The van der Waals surface area contributed by atoms with Gasteiger partial charge in [0.05, 0.1) is 0 Å². The molecular formula is C27H15N. The molecule has 0 unspecified atom stereocenters. The van der Waals surface area contributed by atoms with Crippen LogP contribution >= 0.6 is 0 Å². The fourth-order valence-electron chi connectivity index (χ4n) is 5.05. The quantitative estimate of drug-likeness (QED) is 0.281. The molecule has 0 saturated heterocycles. The third kappa shape index (κ3) is 1.65. The molecule has 0 amide bonds. The van der Waals surface area contributed by atoms with Gasteiger partial charge in [0.2, 0.25) is 0 Å². The molecule has 0 fully saturated rings. The first-order valence-corrected chi connectivity index (χ1v) is 9.65. The molecule has 128 valence electrons. The summed E-state index contributed by atoms with van der Waals surface area (Å²) in [5.74, 6) is 0. The zero-order valence-electron chi connectivity index (χ0n) is 15.1. The molecule has 7 rings (SSSR count). The van der Waals surface area contributed by atoms with Crippen molar-refractivity contribution in [3.05, 3.63) is 91.3 Å². The molecule has 0 saturated carbocycles. The molecular weight excluding hydrogens is 338 g/mol. The van der Waals surface area contributed by atoms with E-state index < -0.39 is 0 Å². The topological polar surface area (TPSA) is 12.9 Å². The third-order valence-corrected chi connectivity index (χ3v) is 6.25. The van der Waals surface area contributed by atoms with Crippen LogP contribution in [0.5, 0.6) is 0 Å². The summed E-state index contributed by atoms with van der Waals surface area (Å²) < 4.78 is 0. The van der Waals surface area contributed by atoms with Crippen LogP contribution in [-0.2, 0) is 0 Å². The van der Waals surface area contributed by atoms with Crippen molar-refractivity contribution in [1.82, 2.24) is 4.98 Å². The minimum Gasteiger partial charge on any atom is -0.263 e. The fraction of sp³-hybridized carbons (Fsp3) is 0. The van der Waals surface area contributed by atoms with Crippen molar-refractivity contribution < 1.29 is 0 Å². The number of hydrogen-bond donors (Lipinski definition) is 0. The highest BCUT2D eigenvalue weighted by atomic mass is 14.6. The molecule has 0 atom stereocenters. The fourth-order valence-corrected chi connectivity index (χ4v) is 5.05. The molecule has 1 aliphatic rings. The van der Waals surface area contributed by atoms with E-state index in [2.05, 4.69) is 83.8 Å². The van der Waals surface area contributed by atoms with Crippen molar-refractivity contribution >= 4 is 43.1 Å². The van der Waals surface area contributed by atoms with E-state index >= 15 is 0 Å². The SMILES string of the molecule is c1ccc2c(-c3ccc4c5c3ccc3ccc6cccc-4c6c35)cncc2c1. The van der Waals surface area contributed by atoms with Gasteiger partial charge in [-0.1, -0.05) is 78.9 Å². The van der Waals surface area contributed by atoms with Crippen LogP contribution in [-0.4, -0.2) is 4.98 Å². The van der Waals surface area contributed by atoms with E-state index in [0.29, 0.717) is 0 Å². The summed E-state index contributed by atoms with van der Waals surface area (Å²) in [6, 6.07) is 28.8. The van der Waals surface area contributed by atoms with Gasteiger partial charge in [0.15, 0.2) is 0 Å². The molecule has 0 aliphatic heterocycles. The van der Waals surface area contributed by atoms with Crippen LogP contribution in [0.15, 0.2) is 91.3 Å². The van der Waals surface area contributed by atoms with Crippen LogP contribution in [0.3, 0.4) is 0 Å². The maximum absolute atomic E-state index is 4.53.